The molecule has 0 spiro atoms. The predicted molar refractivity (Wildman–Crippen MR) is 37.0 cm³/mol. The highest BCUT2D eigenvalue weighted by molar-refractivity contribution is 7.43. The highest BCUT2D eigenvalue weighted by Crippen LogP contribution is 2.29. The molecule has 1 radical (unpaired) electrons. The first-order valence-electron chi connectivity index (χ1n) is 2.56. The predicted octanol–water partition coefficient (Wildman–Crippen LogP) is 1.54. The lowest BCUT2D eigenvalue weighted by Crippen LogP contribution is -1.76. The minimum absolute atomic E-state index is 0.581. The van der Waals surface area contributed by atoms with Crippen molar-refractivity contribution in [2.75, 3.05) is 14.2 Å². The standard InChI is InChI=1S/C6H8O2P/c1-7-6-3-4-9(5-6)8-2/h3-4H,1-2H3. The number of methoxy groups -OCH3 is 1. The smallest absolute Gasteiger partial charge is 0.133 e. The molecule has 1 heterocycles. The molecule has 0 saturated carbocycles. The SMILES string of the molecule is COc1[c]p(OC)cc1. The van der Waals surface area contributed by atoms with Gasteiger partial charge in [0.1, 0.15) is 5.75 Å². The first kappa shape index (κ1) is 6.66. The van der Waals surface area contributed by atoms with Gasteiger partial charge >= 0.3 is 0 Å². The van der Waals surface area contributed by atoms with Crippen LogP contribution in [-0.2, 0) is 0 Å². The van der Waals surface area contributed by atoms with Crippen LogP contribution in [0.15, 0.2) is 11.9 Å². The molecule has 49 valence electrons. The molecular weight excluding hydrogens is 135 g/mol. The summed E-state index contributed by atoms with van der Waals surface area (Å²) in [4.78, 5) is 0. The van der Waals surface area contributed by atoms with E-state index >= 15 is 0 Å². The average molecular weight is 143 g/mol. The second kappa shape index (κ2) is 2.90. The maximum absolute atomic E-state index is 5.01. The van der Waals surface area contributed by atoms with E-state index in [0.29, 0.717) is 0 Å². The van der Waals surface area contributed by atoms with E-state index in [1.54, 1.807) is 14.2 Å². The molecule has 3 heteroatoms. The van der Waals surface area contributed by atoms with Gasteiger partial charge in [-0.2, -0.15) is 0 Å². The molecule has 1 atom stereocenters. The molecule has 0 bridgehead atoms. The zero-order chi connectivity index (χ0) is 6.69. The van der Waals surface area contributed by atoms with E-state index in [-0.39, 0.29) is 0 Å². The zero-order valence-corrected chi connectivity index (χ0v) is 6.31. The van der Waals surface area contributed by atoms with Gasteiger partial charge in [-0.3, -0.25) is 0 Å². The topological polar surface area (TPSA) is 18.5 Å². The minimum Gasteiger partial charge on any atom is -0.496 e. The van der Waals surface area contributed by atoms with E-state index in [0.717, 1.165) is 5.75 Å². The van der Waals surface area contributed by atoms with E-state index in [1.165, 1.54) is 0 Å². The van der Waals surface area contributed by atoms with E-state index in [1.807, 2.05) is 11.9 Å². The monoisotopic (exact) mass is 143 g/mol. The molecule has 1 unspecified atom stereocenters. The molecule has 1 aromatic heterocycles. The molecule has 0 N–H and O–H groups in total. The normalized spacial score (nSPS) is 11.6. The Hall–Kier alpha value is -0.460. The van der Waals surface area contributed by atoms with Crippen molar-refractivity contribution in [3.8, 4) is 5.75 Å². The minimum atomic E-state index is -0.581. The lowest BCUT2D eigenvalue weighted by Gasteiger charge is -1.89. The Balaban J connectivity index is 2.74. The first-order valence-corrected chi connectivity index (χ1v) is 3.89. The van der Waals surface area contributed by atoms with Crippen LogP contribution in [0, 0.1) is 5.80 Å². The van der Waals surface area contributed by atoms with Crippen LogP contribution in [0.1, 0.15) is 0 Å². The van der Waals surface area contributed by atoms with E-state index in [2.05, 4.69) is 5.80 Å². The summed E-state index contributed by atoms with van der Waals surface area (Å²) in [5.41, 5.74) is 0. The maximum atomic E-state index is 5.01. The van der Waals surface area contributed by atoms with Crippen LogP contribution in [0.3, 0.4) is 0 Å². The molecular formula is C6H8O2P. The molecule has 0 aromatic carbocycles. The van der Waals surface area contributed by atoms with Gasteiger partial charge in [0.25, 0.3) is 0 Å². The highest BCUT2D eigenvalue weighted by Gasteiger charge is 1.94. The van der Waals surface area contributed by atoms with Crippen molar-refractivity contribution in [1.29, 1.82) is 0 Å². The van der Waals surface area contributed by atoms with Crippen molar-refractivity contribution in [3.63, 3.8) is 0 Å². The Kier molecular flexibility index (Phi) is 2.15. The molecule has 0 fully saturated rings. The summed E-state index contributed by atoms with van der Waals surface area (Å²) in [5.74, 6) is 5.75. The largest absolute Gasteiger partial charge is 0.496 e. The van der Waals surface area contributed by atoms with Crippen LogP contribution in [0.5, 0.6) is 5.75 Å². The summed E-state index contributed by atoms with van der Waals surface area (Å²) >= 11 is 0. The van der Waals surface area contributed by atoms with Gasteiger partial charge in [-0.25, -0.2) is 0 Å². The van der Waals surface area contributed by atoms with E-state index < -0.39 is 7.76 Å². The summed E-state index contributed by atoms with van der Waals surface area (Å²) in [5, 5.41) is 0. The molecule has 9 heavy (non-hydrogen) atoms. The lowest BCUT2D eigenvalue weighted by molar-refractivity contribution is 0.415. The van der Waals surface area contributed by atoms with Crippen molar-refractivity contribution < 1.29 is 9.26 Å². The summed E-state index contributed by atoms with van der Waals surface area (Å²) in [7, 11) is 2.71. The Bertz CT molecular complexity index is 164. The van der Waals surface area contributed by atoms with Crippen molar-refractivity contribution in [3.05, 3.63) is 17.7 Å². The fourth-order valence-corrected chi connectivity index (χ4v) is 1.48. The summed E-state index contributed by atoms with van der Waals surface area (Å²) in [6.45, 7) is 0. The van der Waals surface area contributed by atoms with Gasteiger partial charge in [-0.1, -0.05) is 0 Å². The molecule has 0 aliphatic rings. The molecule has 0 aliphatic carbocycles. The Labute approximate surface area is 55.5 Å². The maximum Gasteiger partial charge on any atom is 0.133 e. The van der Waals surface area contributed by atoms with Crippen molar-refractivity contribution >= 4 is 7.76 Å². The quantitative estimate of drug-likeness (QED) is 0.625. The van der Waals surface area contributed by atoms with Gasteiger partial charge in [0, 0.05) is 14.9 Å². The summed E-state index contributed by atoms with van der Waals surface area (Å²) < 4.78 is 9.91. The van der Waals surface area contributed by atoms with Crippen molar-refractivity contribution in [1.82, 2.24) is 0 Å². The molecule has 1 aromatic rings. The Morgan fingerprint density at radius 3 is 2.67 bits per heavy atom. The fourth-order valence-electron chi connectivity index (χ4n) is 0.539. The average Bonchev–Trinajstić information content (AvgIpc) is 2.34. The van der Waals surface area contributed by atoms with Crippen molar-refractivity contribution in [2.45, 2.75) is 0 Å². The van der Waals surface area contributed by atoms with Crippen LogP contribution in [0.4, 0.5) is 0 Å². The second-order valence-corrected chi connectivity index (χ2v) is 3.04. The van der Waals surface area contributed by atoms with Crippen LogP contribution >= 0.6 is 7.76 Å². The van der Waals surface area contributed by atoms with Crippen LogP contribution < -0.4 is 9.26 Å². The fraction of sp³-hybridized carbons (Fsp3) is 0.333. The van der Waals surface area contributed by atoms with Gasteiger partial charge in [0.2, 0.25) is 0 Å². The summed E-state index contributed by atoms with van der Waals surface area (Å²) in [6.07, 6.45) is 0. The molecule has 0 aliphatic heterocycles. The van der Waals surface area contributed by atoms with E-state index in [9.17, 15) is 0 Å². The Morgan fingerprint density at radius 1 is 1.56 bits per heavy atom. The van der Waals surface area contributed by atoms with Gasteiger partial charge in [0.15, 0.2) is 0 Å². The molecule has 1 rings (SSSR count). The number of ether oxygens (including phenoxy) is 1. The number of hydrogen-bond acceptors (Lipinski definition) is 2. The third-order valence-corrected chi connectivity index (χ3v) is 2.25. The van der Waals surface area contributed by atoms with Crippen molar-refractivity contribution in [2.24, 2.45) is 0 Å². The number of rotatable bonds is 2. The van der Waals surface area contributed by atoms with Gasteiger partial charge in [-0.05, 0) is 11.9 Å². The summed E-state index contributed by atoms with van der Waals surface area (Å²) in [6, 6.07) is 1.87. The van der Waals surface area contributed by atoms with Gasteiger partial charge in [-0.15, -0.1) is 0 Å². The third kappa shape index (κ3) is 1.47. The van der Waals surface area contributed by atoms with Gasteiger partial charge < -0.3 is 9.26 Å². The molecule has 0 saturated heterocycles. The molecule has 2 nitrogen and oxygen atoms in total. The zero-order valence-electron chi connectivity index (χ0n) is 5.42. The highest BCUT2D eigenvalue weighted by atomic mass is 31.1. The molecule has 0 amide bonds. The second-order valence-electron chi connectivity index (χ2n) is 1.50. The first-order chi connectivity index (χ1) is 4.36. The Morgan fingerprint density at radius 2 is 2.33 bits per heavy atom. The van der Waals surface area contributed by atoms with Crippen LogP contribution in [0.2, 0.25) is 0 Å². The lowest BCUT2D eigenvalue weighted by atomic mass is 10.6. The third-order valence-electron chi connectivity index (χ3n) is 0.998. The van der Waals surface area contributed by atoms with Crippen LogP contribution in [-0.4, -0.2) is 14.2 Å². The van der Waals surface area contributed by atoms with E-state index in [4.69, 9.17) is 9.26 Å². The van der Waals surface area contributed by atoms with Crippen LogP contribution in [0.25, 0.3) is 0 Å². The van der Waals surface area contributed by atoms with Gasteiger partial charge in [0.05, 0.1) is 12.9 Å². The number of hydrogen-bond donors (Lipinski definition) is 0.